The van der Waals surface area contributed by atoms with Crippen LogP contribution in [0, 0.1) is 5.92 Å². The summed E-state index contributed by atoms with van der Waals surface area (Å²) in [7, 11) is 0. The molecule has 10 heteroatoms. The number of aryl methyl sites for hydroxylation is 1. The number of halogens is 4. The number of alkyl halides is 4. The Morgan fingerprint density at radius 3 is 2.14 bits per heavy atom. The van der Waals surface area contributed by atoms with E-state index in [1.807, 2.05) is 0 Å². The number of aliphatic hydroxyl groups excluding tert-OH is 1. The minimum absolute atomic E-state index is 0.0283. The van der Waals surface area contributed by atoms with Crippen LogP contribution in [0.15, 0.2) is 24.3 Å². The molecule has 0 aliphatic carbocycles. The molecule has 158 valence electrons. The predicted octanol–water partition coefficient (Wildman–Crippen LogP) is 2.36. The van der Waals surface area contributed by atoms with Gasteiger partial charge in [-0.1, -0.05) is 12.1 Å². The van der Waals surface area contributed by atoms with E-state index in [1.165, 1.54) is 12.1 Å². The first-order chi connectivity index (χ1) is 12.8. The van der Waals surface area contributed by atoms with Gasteiger partial charge >= 0.3 is 6.36 Å². The first-order valence-corrected chi connectivity index (χ1v) is 8.61. The number of nitrogens with two attached hydrogens (primary N) is 2. The number of rotatable bonds is 11. The number of primary amides is 2. The number of hydrogen-bond donors (Lipinski definition) is 3. The molecule has 1 aromatic rings. The molecule has 6 nitrogen and oxygen atoms in total. The maximum Gasteiger partial charge on any atom is 0.573 e. The van der Waals surface area contributed by atoms with Crippen LogP contribution in [0.5, 0.6) is 5.75 Å². The van der Waals surface area contributed by atoms with Crippen LogP contribution in [0.2, 0.25) is 0 Å². The molecule has 3 atom stereocenters. The monoisotopic (exact) mass is 408 g/mol. The van der Waals surface area contributed by atoms with Crippen LogP contribution in [-0.4, -0.2) is 35.1 Å². The fraction of sp³-hybridized carbons (Fsp3) is 0.556. The Bertz CT molecular complexity index is 663. The average Bonchev–Trinajstić information content (AvgIpc) is 2.56. The van der Waals surface area contributed by atoms with Crippen molar-refractivity contribution in [2.24, 2.45) is 17.4 Å². The zero-order chi connectivity index (χ0) is 21.5. The largest absolute Gasteiger partial charge is 0.573 e. The van der Waals surface area contributed by atoms with Gasteiger partial charge in [0, 0.05) is 5.92 Å². The molecule has 0 aliphatic heterocycles. The van der Waals surface area contributed by atoms with E-state index in [9.17, 15) is 32.3 Å². The highest BCUT2D eigenvalue weighted by atomic mass is 19.4. The van der Waals surface area contributed by atoms with Crippen LogP contribution in [0.4, 0.5) is 17.6 Å². The second-order valence-corrected chi connectivity index (χ2v) is 6.82. The number of hydrogen-bond acceptors (Lipinski definition) is 4. The smallest absolute Gasteiger partial charge is 0.406 e. The Morgan fingerprint density at radius 1 is 1.11 bits per heavy atom. The number of benzene rings is 1. The lowest BCUT2D eigenvalue weighted by Crippen LogP contribution is -2.38. The van der Waals surface area contributed by atoms with Gasteiger partial charge in [0.15, 0.2) is 5.67 Å². The maximum absolute atomic E-state index is 13.9. The fourth-order valence-corrected chi connectivity index (χ4v) is 2.58. The first-order valence-electron chi connectivity index (χ1n) is 8.61. The number of carbonyl (C=O) groups excluding carboxylic acids is 2. The molecule has 0 saturated heterocycles. The van der Waals surface area contributed by atoms with E-state index < -0.39 is 35.9 Å². The van der Waals surface area contributed by atoms with Crippen LogP contribution >= 0.6 is 0 Å². The predicted molar refractivity (Wildman–Crippen MR) is 92.7 cm³/mol. The van der Waals surface area contributed by atoms with Crippen molar-refractivity contribution >= 4 is 11.8 Å². The summed E-state index contributed by atoms with van der Waals surface area (Å²) in [5.74, 6) is -3.07. The van der Waals surface area contributed by atoms with Gasteiger partial charge in [-0.2, -0.15) is 0 Å². The van der Waals surface area contributed by atoms with Crippen molar-refractivity contribution in [3.05, 3.63) is 29.8 Å². The average molecular weight is 408 g/mol. The summed E-state index contributed by atoms with van der Waals surface area (Å²) < 4.78 is 54.0. The molecule has 0 heterocycles. The summed E-state index contributed by atoms with van der Waals surface area (Å²) in [5, 5.41) is 10.1. The Hall–Kier alpha value is -2.36. The Labute approximate surface area is 159 Å². The number of ether oxygens (including phenoxy) is 1. The van der Waals surface area contributed by atoms with Gasteiger partial charge in [0.05, 0.1) is 6.10 Å². The lowest BCUT2D eigenvalue weighted by molar-refractivity contribution is -0.274. The summed E-state index contributed by atoms with van der Waals surface area (Å²) in [5.41, 5.74) is 8.59. The third kappa shape index (κ3) is 8.55. The van der Waals surface area contributed by atoms with E-state index >= 15 is 0 Å². The van der Waals surface area contributed by atoms with Gasteiger partial charge < -0.3 is 21.3 Å². The molecule has 2 amide bonds. The summed E-state index contributed by atoms with van der Waals surface area (Å²) >= 11 is 0. The Morgan fingerprint density at radius 2 is 1.68 bits per heavy atom. The van der Waals surface area contributed by atoms with E-state index in [-0.39, 0.29) is 31.4 Å². The van der Waals surface area contributed by atoms with Crippen LogP contribution in [0.1, 0.15) is 38.2 Å². The molecule has 3 unspecified atom stereocenters. The van der Waals surface area contributed by atoms with Gasteiger partial charge in [-0.05, 0) is 56.7 Å². The van der Waals surface area contributed by atoms with E-state index in [0.29, 0.717) is 12.0 Å². The van der Waals surface area contributed by atoms with Crippen molar-refractivity contribution < 1.29 is 37.0 Å². The van der Waals surface area contributed by atoms with Gasteiger partial charge in [0.25, 0.3) is 5.91 Å². The summed E-state index contributed by atoms with van der Waals surface area (Å²) in [6.07, 6.45) is -5.55. The van der Waals surface area contributed by atoms with Crippen molar-refractivity contribution in [3.63, 3.8) is 0 Å². The van der Waals surface area contributed by atoms with Crippen molar-refractivity contribution in [1.82, 2.24) is 0 Å². The zero-order valence-corrected chi connectivity index (χ0v) is 15.3. The van der Waals surface area contributed by atoms with Gasteiger partial charge in [0.1, 0.15) is 5.75 Å². The van der Waals surface area contributed by atoms with Crippen LogP contribution in [0.3, 0.4) is 0 Å². The molecule has 0 radical (unpaired) electrons. The van der Waals surface area contributed by atoms with E-state index in [2.05, 4.69) is 4.74 Å². The van der Waals surface area contributed by atoms with Crippen molar-refractivity contribution in [1.29, 1.82) is 0 Å². The van der Waals surface area contributed by atoms with E-state index in [0.717, 1.165) is 19.1 Å². The highest BCUT2D eigenvalue weighted by Gasteiger charge is 2.33. The van der Waals surface area contributed by atoms with Gasteiger partial charge in [-0.3, -0.25) is 9.59 Å². The third-order valence-corrected chi connectivity index (χ3v) is 4.36. The van der Waals surface area contributed by atoms with Gasteiger partial charge in [0.2, 0.25) is 5.91 Å². The molecule has 0 spiro atoms. The van der Waals surface area contributed by atoms with Gasteiger partial charge in [-0.15, -0.1) is 13.2 Å². The SMILES string of the molecule is CC(F)(CCC(CC(O)CCc1ccc(OC(F)(F)F)cc1)C(N)=O)C(N)=O. The number of amides is 2. The number of aliphatic hydroxyl groups is 1. The van der Waals surface area contributed by atoms with Gasteiger partial charge in [-0.25, -0.2) is 4.39 Å². The van der Waals surface area contributed by atoms with Crippen molar-refractivity contribution in [2.45, 2.75) is 57.2 Å². The molecule has 28 heavy (non-hydrogen) atoms. The van der Waals surface area contributed by atoms with Crippen molar-refractivity contribution in [3.8, 4) is 5.75 Å². The summed E-state index contributed by atoms with van der Waals surface area (Å²) in [6.45, 7) is 1.01. The number of carbonyl (C=O) groups is 2. The standard InChI is InChI=1S/C18H24F4N2O4/c1-17(19,16(24)27)9-8-12(15(23)26)10-13(25)5-2-11-3-6-14(7-4-11)28-18(20,21)22/h3-4,6-7,12-13,25H,2,5,8-10H2,1H3,(H2,23,26)(H2,24,27). The molecule has 0 aliphatic rings. The molecule has 0 saturated carbocycles. The molecule has 1 aromatic carbocycles. The minimum atomic E-state index is -4.77. The van der Waals surface area contributed by atoms with E-state index in [4.69, 9.17) is 11.5 Å². The molecule has 0 fully saturated rings. The second-order valence-electron chi connectivity index (χ2n) is 6.82. The third-order valence-electron chi connectivity index (χ3n) is 4.36. The normalized spacial score (nSPS) is 16.1. The molecular formula is C18H24F4N2O4. The molecular weight excluding hydrogens is 384 g/mol. The van der Waals surface area contributed by atoms with Crippen molar-refractivity contribution in [2.75, 3.05) is 0 Å². The summed E-state index contributed by atoms with van der Waals surface area (Å²) in [4.78, 5) is 22.5. The van der Waals surface area contributed by atoms with Crippen LogP contribution < -0.4 is 16.2 Å². The Balaban J connectivity index is 2.53. The summed E-state index contributed by atoms with van der Waals surface area (Å²) in [6, 6.07) is 5.18. The lowest BCUT2D eigenvalue weighted by Gasteiger charge is -2.21. The molecule has 0 bridgehead atoms. The Kier molecular flexibility index (Phi) is 8.22. The zero-order valence-electron chi connectivity index (χ0n) is 15.3. The van der Waals surface area contributed by atoms with Crippen LogP contribution in [0.25, 0.3) is 0 Å². The lowest BCUT2D eigenvalue weighted by atomic mass is 9.89. The topological polar surface area (TPSA) is 116 Å². The first kappa shape index (κ1) is 23.7. The minimum Gasteiger partial charge on any atom is -0.406 e. The highest BCUT2D eigenvalue weighted by molar-refractivity contribution is 5.83. The highest BCUT2D eigenvalue weighted by Crippen LogP contribution is 2.25. The maximum atomic E-state index is 13.9. The second kappa shape index (κ2) is 9.72. The molecule has 5 N–H and O–H groups in total. The quantitative estimate of drug-likeness (QED) is 0.488. The van der Waals surface area contributed by atoms with E-state index in [1.54, 1.807) is 0 Å². The molecule has 1 rings (SSSR count). The fourth-order valence-electron chi connectivity index (χ4n) is 2.58. The molecule has 0 aromatic heterocycles. The van der Waals surface area contributed by atoms with Crippen LogP contribution in [-0.2, 0) is 16.0 Å².